The minimum absolute atomic E-state index is 0.0528. The minimum Gasteiger partial charge on any atom is -0.352 e. The average molecular weight is 618 g/mol. The molecule has 43 heavy (non-hydrogen) atoms. The van der Waals surface area contributed by atoms with Crippen LogP contribution in [-0.2, 0) is 32.6 Å². The quantitative estimate of drug-likeness (QED) is 0.201. The molecule has 1 aliphatic heterocycles. The van der Waals surface area contributed by atoms with Gasteiger partial charge in [0.15, 0.2) is 0 Å². The molecule has 1 heterocycles. The molecule has 1 aliphatic rings. The summed E-state index contributed by atoms with van der Waals surface area (Å²) in [5.74, 6) is -0.438. The van der Waals surface area contributed by atoms with Crippen molar-refractivity contribution >= 4 is 49.9 Å². The first-order chi connectivity index (χ1) is 20.7. The number of hydrogen-bond acceptors (Lipinski definition) is 4. The van der Waals surface area contributed by atoms with E-state index in [-0.39, 0.29) is 37.4 Å². The van der Waals surface area contributed by atoms with Gasteiger partial charge in [-0.05, 0) is 60.5 Å². The number of carbonyl (C=O) groups excluding carboxylic acids is 2. The lowest BCUT2D eigenvalue weighted by Crippen LogP contribution is -2.52. The third-order valence-corrected chi connectivity index (χ3v) is 10.1. The summed E-state index contributed by atoms with van der Waals surface area (Å²) in [5.41, 5.74) is 2.42. The average Bonchev–Trinajstić information content (AvgIpc) is 3.23. The van der Waals surface area contributed by atoms with Crippen LogP contribution in [0.25, 0.3) is 10.8 Å². The van der Waals surface area contributed by atoms with Gasteiger partial charge in [0.1, 0.15) is 6.04 Å². The number of hydrogen-bond donors (Lipinski definition) is 1. The fourth-order valence-corrected chi connectivity index (χ4v) is 7.37. The van der Waals surface area contributed by atoms with Crippen molar-refractivity contribution in [3.8, 4) is 0 Å². The zero-order valence-electron chi connectivity index (χ0n) is 24.4. The molecule has 9 heteroatoms. The molecule has 0 aliphatic carbocycles. The maximum Gasteiger partial charge on any atom is 0.265 e. The first-order valence-electron chi connectivity index (χ1n) is 14.6. The molecule has 0 saturated heterocycles. The molecular weight excluding hydrogens is 582 g/mol. The number of benzene rings is 4. The van der Waals surface area contributed by atoms with Crippen molar-refractivity contribution in [1.29, 1.82) is 0 Å². The number of nitrogens with zero attached hydrogens (tertiary/aromatic N) is 2. The molecule has 0 saturated carbocycles. The van der Waals surface area contributed by atoms with E-state index < -0.39 is 16.1 Å². The SMILES string of the molecule is CCC(C)NC(=O)C(Cc1ccccc1)N(Cc1ccc(Cl)cc1)C(=O)CCCN1c2cccc3cccc(c23)S1(=O)=O. The second-order valence-corrected chi connectivity index (χ2v) is 13.3. The molecule has 0 aromatic heterocycles. The van der Waals surface area contributed by atoms with Crippen molar-refractivity contribution in [1.82, 2.24) is 10.2 Å². The van der Waals surface area contributed by atoms with Gasteiger partial charge in [-0.2, -0.15) is 0 Å². The Morgan fingerprint density at radius 3 is 2.30 bits per heavy atom. The van der Waals surface area contributed by atoms with Gasteiger partial charge < -0.3 is 10.2 Å². The van der Waals surface area contributed by atoms with Gasteiger partial charge in [-0.3, -0.25) is 13.9 Å². The molecule has 0 fully saturated rings. The van der Waals surface area contributed by atoms with E-state index in [0.29, 0.717) is 33.8 Å². The number of rotatable bonds is 12. The Kier molecular flexibility index (Phi) is 9.37. The molecule has 4 aromatic rings. The van der Waals surface area contributed by atoms with E-state index in [2.05, 4.69) is 5.32 Å². The fourth-order valence-electron chi connectivity index (χ4n) is 5.50. The van der Waals surface area contributed by atoms with E-state index >= 15 is 0 Å². The number of sulfonamides is 1. The van der Waals surface area contributed by atoms with Crippen LogP contribution >= 0.6 is 11.6 Å². The number of carbonyl (C=O) groups is 2. The summed E-state index contributed by atoms with van der Waals surface area (Å²) in [6.45, 7) is 4.31. The highest BCUT2D eigenvalue weighted by molar-refractivity contribution is 7.93. The number of nitrogens with one attached hydrogen (secondary N) is 1. The fraction of sp³-hybridized carbons (Fsp3) is 0.294. The Bertz CT molecular complexity index is 1710. The Labute approximate surface area is 258 Å². The third kappa shape index (κ3) is 6.71. The minimum atomic E-state index is -3.72. The van der Waals surface area contributed by atoms with E-state index in [1.54, 1.807) is 35.2 Å². The molecule has 1 N–H and O–H groups in total. The first-order valence-corrected chi connectivity index (χ1v) is 16.4. The van der Waals surface area contributed by atoms with Crippen molar-refractivity contribution < 1.29 is 18.0 Å². The van der Waals surface area contributed by atoms with E-state index in [1.807, 2.05) is 74.5 Å². The van der Waals surface area contributed by atoms with Crippen molar-refractivity contribution in [2.45, 2.75) is 63.1 Å². The molecule has 7 nitrogen and oxygen atoms in total. The van der Waals surface area contributed by atoms with E-state index in [4.69, 9.17) is 11.6 Å². The maximum atomic E-state index is 14.0. The van der Waals surface area contributed by atoms with Crippen molar-refractivity contribution in [3.63, 3.8) is 0 Å². The van der Waals surface area contributed by atoms with Gasteiger partial charge in [0.2, 0.25) is 11.8 Å². The van der Waals surface area contributed by atoms with Crippen molar-refractivity contribution in [3.05, 3.63) is 107 Å². The number of anilines is 1. The van der Waals surface area contributed by atoms with Crippen LogP contribution in [0.4, 0.5) is 5.69 Å². The number of amides is 2. The van der Waals surface area contributed by atoms with Crippen LogP contribution in [-0.4, -0.2) is 43.8 Å². The lowest BCUT2D eigenvalue weighted by atomic mass is 10.0. The van der Waals surface area contributed by atoms with Crippen LogP contribution in [0.1, 0.15) is 44.2 Å². The van der Waals surface area contributed by atoms with Gasteiger partial charge in [0, 0.05) is 42.4 Å². The zero-order valence-corrected chi connectivity index (χ0v) is 25.9. The van der Waals surface area contributed by atoms with Crippen molar-refractivity contribution in [2.75, 3.05) is 10.8 Å². The summed E-state index contributed by atoms with van der Waals surface area (Å²) in [6, 6.07) is 26.9. The molecule has 0 bridgehead atoms. The molecule has 0 spiro atoms. The summed E-state index contributed by atoms with van der Waals surface area (Å²) < 4.78 is 28.3. The number of halogens is 1. The normalized spacial score (nSPS) is 14.8. The van der Waals surface area contributed by atoms with Crippen molar-refractivity contribution in [2.24, 2.45) is 0 Å². The topological polar surface area (TPSA) is 86.8 Å². The van der Waals surface area contributed by atoms with Crippen LogP contribution < -0.4 is 9.62 Å². The van der Waals surface area contributed by atoms with Gasteiger partial charge >= 0.3 is 0 Å². The predicted octanol–water partition coefficient (Wildman–Crippen LogP) is 6.34. The molecule has 2 amide bonds. The molecular formula is C34H36ClN3O4S. The van der Waals surface area contributed by atoms with Crippen LogP contribution in [0.15, 0.2) is 95.9 Å². The highest BCUT2D eigenvalue weighted by Gasteiger charge is 2.36. The summed E-state index contributed by atoms with van der Waals surface area (Å²) in [7, 11) is -3.72. The monoisotopic (exact) mass is 617 g/mol. The van der Waals surface area contributed by atoms with E-state index in [9.17, 15) is 18.0 Å². The summed E-state index contributed by atoms with van der Waals surface area (Å²) in [4.78, 5) is 29.6. The van der Waals surface area contributed by atoms with Crippen LogP contribution in [0.3, 0.4) is 0 Å². The summed E-state index contributed by atoms with van der Waals surface area (Å²) >= 11 is 6.12. The molecule has 2 unspecified atom stereocenters. The van der Waals surface area contributed by atoms with Gasteiger partial charge in [0.05, 0.1) is 10.6 Å². The predicted molar refractivity (Wildman–Crippen MR) is 172 cm³/mol. The molecule has 2 atom stereocenters. The zero-order chi connectivity index (χ0) is 30.6. The molecule has 4 aromatic carbocycles. The summed E-state index contributed by atoms with van der Waals surface area (Å²) in [6.07, 6.45) is 1.48. The second kappa shape index (κ2) is 13.2. The Morgan fingerprint density at radius 2 is 1.60 bits per heavy atom. The van der Waals surface area contributed by atoms with E-state index in [0.717, 1.165) is 22.9 Å². The molecule has 5 rings (SSSR count). The van der Waals surface area contributed by atoms with Gasteiger partial charge in [0.25, 0.3) is 10.0 Å². The van der Waals surface area contributed by atoms with Crippen LogP contribution in [0.5, 0.6) is 0 Å². The molecule has 0 radical (unpaired) electrons. The first kappa shape index (κ1) is 30.6. The Hall–Kier alpha value is -3.88. The maximum absolute atomic E-state index is 14.0. The lowest BCUT2D eigenvalue weighted by Gasteiger charge is -2.32. The lowest BCUT2D eigenvalue weighted by molar-refractivity contribution is -0.141. The Morgan fingerprint density at radius 1 is 0.907 bits per heavy atom. The largest absolute Gasteiger partial charge is 0.352 e. The third-order valence-electron chi connectivity index (χ3n) is 7.97. The summed E-state index contributed by atoms with van der Waals surface area (Å²) in [5, 5.41) is 5.23. The van der Waals surface area contributed by atoms with Gasteiger partial charge in [-0.25, -0.2) is 8.42 Å². The Balaban J connectivity index is 1.40. The highest BCUT2D eigenvalue weighted by atomic mass is 35.5. The second-order valence-electron chi connectivity index (χ2n) is 11.0. The van der Waals surface area contributed by atoms with E-state index in [1.165, 1.54) is 4.31 Å². The van der Waals surface area contributed by atoms with Gasteiger partial charge in [-0.1, -0.05) is 85.3 Å². The standard InChI is InChI=1S/C34H36ClN3O4S/c1-3-24(2)36-34(40)30(22-25-10-5-4-6-11-25)37(23-26-17-19-28(35)20-18-26)32(39)16-9-21-38-29-14-7-12-27-13-8-15-31(33(27)29)43(38,41)42/h4-8,10-15,17-20,24,30H,3,9,16,21-23H2,1-2H3,(H,36,40). The van der Waals surface area contributed by atoms with Crippen LogP contribution in [0, 0.1) is 0 Å². The highest BCUT2D eigenvalue weighted by Crippen LogP contribution is 2.42. The van der Waals surface area contributed by atoms with Gasteiger partial charge in [-0.15, -0.1) is 0 Å². The molecule has 224 valence electrons. The van der Waals surface area contributed by atoms with Crippen LogP contribution in [0.2, 0.25) is 5.02 Å². The smallest absolute Gasteiger partial charge is 0.265 e.